The molecule has 0 aromatic heterocycles. The first-order valence-corrected chi connectivity index (χ1v) is 9.73. The van der Waals surface area contributed by atoms with E-state index in [0.717, 1.165) is 37.2 Å². The molecule has 3 nitrogen and oxygen atoms in total. The smallest absolute Gasteiger partial charge is 0.117 e. The maximum Gasteiger partial charge on any atom is 0.117 e. The zero-order valence-electron chi connectivity index (χ0n) is 15.8. The summed E-state index contributed by atoms with van der Waals surface area (Å²) in [6, 6.07) is 13.3. The maximum atomic E-state index is 10.1. The number of benzene rings is 2. The van der Waals surface area contributed by atoms with Gasteiger partial charge in [0.1, 0.15) is 11.5 Å². The molecule has 0 saturated carbocycles. The molecule has 2 N–H and O–H groups in total. The molecule has 0 aliphatic carbocycles. The van der Waals surface area contributed by atoms with E-state index in [0.29, 0.717) is 11.5 Å². The first-order valence-electron chi connectivity index (χ1n) is 9.73. The summed E-state index contributed by atoms with van der Waals surface area (Å²) in [5.74, 6) is 0.619. The predicted octanol–water partition coefficient (Wildman–Crippen LogP) is 5.82. The first kappa shape index (κ1) is 18.4. The number of piperidine rings is 1. The van der Waals surface area contributed by atoms with Gasteiger partial charge in [0.25, 0.3) is 0 Å². The number of anilines is 1. The van der Waals surface area contributed by atoms with E-state index in [2.05, 4.69) is 24.8 Å². The number of allylic oxidation sites excluding steroid dienone is 2. The lowest BCUT2D eigenvalue weighted by Gasteiger charge is -2.31. The van der Waals surface area contributed by atoms with Crippen molar-refractivity contribution in [2.75, 3.05) is 18.0 Å². The number of hydrogen-bond acceptors (Lipinski definition) is 3. The Balaban J connectivity index is 2.13. The lowest BCUT2D eigenvalue weighted by Crippen LogP contribution is -2.30. The van der Waals surface area contributed by atoms with Gasteiger partial charge in [0, 0.05) is 30.4 Å². The summed E-state index contributed by atoms with van der Waals surface area (Å²) < 4.78 is 0. The van der Waals surface area contributed by atoms with Gasteiger partial charge < -0.3 is 15.1 Å². The summed E-state index contributed by atoms with van der Waals surface area (Å²) in [5.41, 5.74) is 6.14. The second-order valence-electron chi connectivity index (χ2n) is 6.96. The zero-order valence-corrected chi connectivity index (χ0v) is 15.8. The molecule has 1 saturated heterocycles. The van der Waals surface area contributed by atoms with Gasteiger partial charge in [-0.3, -0.25) is 0 Å². The van der Waals surface area contributed by atoms with Crippen LogP contribution in [-0.2, 0) is 0 Å². The fraction of sp³-hybridized carbons (Fsp3) is 0.391. The van der Waals surface area contributed by atoms with Crippen LogP contribution in [0, 0.1) is 0 Å². The van der Waals surface area contributed by atoms with E-state index in [9.17, 15) is 10.2 Å². The van der Waals surface area contributed by atoms with Gasteiger partial charge in [-0.05, 0) is 73.1 Å². The highest BCUT2D eigenvalue weighted by molar-refractivity contribution is 5.94. The average molecular weight is 351 g/mol. The summed E-state index contributed by atoms with van der Waals surface area (Å²) >= 11 is 0. The first-order chi connectivity index (χ1) is 12.6. The number of aromatic hydroxyl groups is 2. The third-order valence-corrected chi connectivity index (χ3v) is 5.29. The Morgan fingerprint density at radius 1 is 0.808 bits per heavy atom. The molecular weight excluding hydrogens is 322 g/mol. The molecule has 0 unspecified atom stereocenters. The number of rotatable bonds is 5. The van der Waals surface area contributed by atoms with Gasteiger partial charge in [0.15, 0.2) is 0 Å². The van der Waals surface area contributed by atoms with Gasteiger partial charge in [-0.25, -0.2) is 0 Å². The number of phenols is 2. The third kappa shape index (κ3) is 3.87. The van der Waals surface area contributed by atoms with Crippen LogP contribution in [0.4, 0.5) is 5.69 Å². The molecule has 0 radical (unpaired) electrons. The van der Waals surface area contributed by atoms with Gasteiger partial charge in [0.05, 0.1) is 0 Å². The van der Waals surface area contributed by atoms with E-state index in [1.807, 2.05) is 18.2 Å². The second-order valence-corrected chi connectivity index (χ2v) is 6.96. The van der Waals surface area contributed by atoms with Crippen LogP contribution in [0.5, 0.6) is 11.5 Å². The summed E-state index contributed by atoms with van der Waals surface area (Å²) in [5, 5.41) is 19.7. The molecule has 3 heteroatoms. The monoisotopic (exact) mass is 351 g/mol. The van der Waals surface area contributed by atoms with E-state index in [1.54, 1.807) is 18.2 Å². The molecule has 1 aliphatic rings. The Labute approximate surface area is 156 Å². The normalized spacial score (nSPS) is 15.7. The van der Waals surface area contributed by atoms with Crippen LogP contribution in [0.15, 0.2) is 42.5 Å². The van der Waals surface area contributed by atoms with Crippen molar-refractivity contribution in [2.45, 2.75) is 46.0 Å². The minimum atomic E-state index is 0.292. The molecule has 0 amide bonds. The van der Waals surface area contributed by atoms with E-state index < -0.39 is 0 Å². The van der Waals surface area contributed by atoms with E-state index in [4.69, 9.17) is 0 Å². The highest BCUT2D eigenvalue weighted by Crippen LogP contribution is 2.39. The highest BCUT2D eigenvalue weighted by atomic mass is 16.3. The number of nitrogens with zero attached hydrogens (tertiary/aromatic N) is 1. The van der Waals surface area contributed by atoms with Gasteiger partial charge in [-0.2, -0.15) is 0 Å². The highest BCUT2D eigenvalue weighted by Gasteiger charge is 2.19. The fourth-order valence-electron chi connectivity index (χ4n) is 3.99. The van der Waals surface area contributed by atoms with Crippen LogP contribution >= 0.6 is 0 Å². The molecule has 1 heterocycles. The quantitative estimate of drug-likeness (QED) is 0.667. The van der Waals surface area contributed by atoms with Crippen LogP contribution in [0.2, 0.25) is 0 Å². The molecular formula is C23H29NO2. The van der Waals surface area contributed by atoms with Crippen LogP contribution in [0.1, 0.15) is 57.1 Å². The van der Waals surface area contributed by atoms with Crippen molar-refractivity contribution < 1.29 is 10.2 Å². The summed E-state index contributed by atoms with van der Waals surface area (Å²) in [6.07, 6.45) is 5.55. The van der Waals surface area contributed by atoms with E-state index >= 15 is 0 Å². The maximum absolute atomic E-state index is 10.1. The van der Waals surface area contributed by atoms with Crippen molar-refractivity contribution in [1.82, 2.24) is 0 Å². The second kappa shape index (κ2) is 8.31. The van der Waals surface area contributed by atoms with Gasteiger partial charge in [-0.15, -0.1) is 0 Å². The Kier molecular flexibility index (Phi) is 5.87. The minimum absolute atomic E-state index is 0.292. The van der Waals surface area contributed by atoms with Gasteiger partial charge >= 0.3 is 0 Å². The predicted molar refractivity (Wildman–Crippen MR) is 110 cm³/mol. The van der Waals surface area contributed by atoms with E-state index in [1.165, 1.54) is 36.0 Å². The molecule has 0 spiro atoms. The van der Waals surface area contributed by atoms with Crippen LogP contribution in [0.25, 0.3) is 11.1 Å². The van der Waals surface area contributed by atoms with Crippen molar-refractivity contribution >= 4 is 16.8 Å². The topological polar surface area (TPSA) is 43.7 Å². The zero-order chi connectivity index (χ0) is 18.5. The lowest BCUT2D eigenvalue weighted by molar-refractivity contribution is 0.474. The Morgan fingerprint density at radius 2 is 1.42 bits per heavy atom. The summed E-state index contributed by atoms with van der Waals surface area (Å²) in [6.45, 7) is 6.47. The molecule has 1 aliphatic heterocycles. The SMILES string of the molecule is CCC(=C(CC)c1ccc(O)cc1N1CCCCC1)c1ccc(O)cc1. The van der Waals surface area contributed by atoms with Crippen molar-refractivity contribution in [2.24, 2.45) is 0 Å². The lowest BCUT2D eigenvalue weighted by atomic mass is 9.89. The molecule has 3 rings (SSSR count). The minimum Gasteiger partial charge on any atom is -0.508 e. The Hall–Kier alpha value is -2.42. The molecule has 1 fully saturated rings. The van der Waals surface area contributed by atoms with Crippen molar-refractivity contribution in [1.29, 1.82) is 0 Å². The summed E-state index contributed by atoms with van der Waals surface area (Å²) in [7, 11) is 0. The van der Waals surface area contributed by atoms with Gasteiger partial charge in [-0.1, -0.05) is 26.0 Å². The summed E-state index contributed by atoms with van der Waals surface area (Å²) in [4.78, 5) is 2.41. The number of phenolic OH excluding ortho intramolecular Hbond substituents is 2. The third-order valence-electron chi connectivity index (χ3n) is 5.29. The Morgan fingerprint density at radius 3 is 2.04 bits per heavy atom. The fourth-order valence-corrected chi connectivity index (χ4v) is 3.99. The molecule has 0 atom stereocenters. The van der Waals surface area contributed by atoms with Crippen molar-refractivity contribution in [3.63, 3.8) is 0 Å². The van der Waals surface area contributed by atoms with Crippen LogP contribution < -0.4 is 4.90 Å². The largest absolute Gasteiger partial charge is 0.508 e. The molecule has 0 bridgehead atoms. The standard InChI is InChI=1S/C23H29NO2/c1-3-20(17-8-10-18(25)11-9-17)21(4-2)22-13-12-19(26)16-23(22)24-14-6-5-7-15-24/h8-13,16,25-26H,3-7,14-15H2,1-2H3. The van der Waals surface area contributed by atoms with Crippen LogP contribution in [-0.4, -0.2) is 23.3 Å². The van der Waals surface area contributed by atoms with E-state index in [-0.39, 0.29) is 0 Å². The van der Waals surface area contributed by atoms with Crippen LogP contribution in [0.3, 0.4) is 0 Å². The molecule has 2 aromatic carbocycles. The molecule has 26 heavy (non-hydrogen) atoms. The average Bonchev–Trinajstić information content (AvgIpc) is 2.68. The number of hydrogen-bond donors (Lipinski definition) is 2. The van der Waals surface area contributed by atoms with Gasteiger partial charge in [0.2, 0.25) is 0 Å². The van der Waals surface area contributed by atoms with Crippen molar-refractivity contribution in [3.8, 4) is 11.5 Å². The van der Waals surface area contributed by atoms with Crippen molar-refractivity contribution in [3.05, 3.63) is 53.6 Å². The Bertz CT molecular complexity index is 771. The molecule has 138 valence electrons. The molecule has 2 aromatic rings.